The minimum Gasteiger partial charge on any atom is -0.352 e. The molecule has 9 heterocycles. The van der Waals surface area contributed by atoms with Crippen molar-refractivity contribution in [1.29, 1.82) is 0 Å². The van der Waals surface area contributed by atoms with E-state index < -0.39 is 0 Å². The lowest BCUT2D eigenvalue weighted by Crippen LogP contribution is -1.92. The summed E-state index contributed by atoms with van der Waals surface area (Å²) < 4.78 is 22.8. The summed E-state index contributed by atoms with van der Waals surface area (Å²) in [5.74, 6) is 3.93. The third-order valence-corrected chi connectivity index (χ3v) is 15.8. The molecule has 0 aliphatic rings. The van der Waals surface area contributed by atoms with Gasteiger partial charge >= 0.3 is 0 Å². The Kier molecular flexibility index (Phi) is 27.8. The molecule has 414 valence electrons. The average Bonchev–Trinajstić information content (AvgIpc) is 4.28. The van der Waals surface area contributed by atoms with Crippen LogP contribution in [-0.2, 0) is 35.2 Å². The van der Waals surface area contributed by atoms with E-state index in [1.807, 2.05) is 116 Å². The summed E-state index contributed by atoms with van der Waals surface area (Å²) >= 11 is 4.51. The molecule has 0 bridgehead atoms. The minimum absolute atomic E-state index is 0.861. The first-order valence-electron chi connectivity index (χ1n) is 24.8. The Morgan fingerprint density at radius 2 is 0.640 bits per heavy atom. The molecular weight excluding hydrogens is 997 g/mol. The number of hydrogen-bond donors (Lipinski definition) is 0. The van der Waals surface area contributed by atoms with Gasteiger partial charge < -0.3 is 18.3 Å². The molecule has 9 aromatic heterocycles. The van der Waals surface area contributed by atoms with E-state index in [0.717, 1.165) is 71.8 Å². The summed E-state index contributed by atoms with van der Waals surface area (Å²) in [7, 11) is 10.3. The normalized spacial score (nSPS) is 10.0. The molecule has 0 aliphatic heterocycles. The number of rotatable bonds is 0. The van der Waals surface area contributed by atoms with Crippen molar-refractivity contribution < 1.29 is 4.63 Å². The largest absolute Gasteiger partial charge is 0.352 e. The van der Waals surface area contributed by atoms with Crippen LogP contribution in [0.3, 0.4) is 0 Å². The lowest BCUT2D eigenvalue weighted by molar-refractivity contribution is 0.302. The molecule has 0 N–H and O–H groups in total. The van der Waals surface area contributed by atoms with E-state index in [2.05, 4.69) is 174 Å². The molecule has 0 atom stereocenters. The summed E-state index contributed by atoms with van der Waals surface area (Å²) in [6.45, 7) is 51.1. The maximum atomic E-state index is 4.34. The molecule has 75 heavy (non-hydrogen) atoms. The Morgan fingerprint density at radius 3 is 0.720 bits per heavy atom. The molecule has 0 unspecified atom stereocenters. The van der Waals surface area contributed by atoms with Gasteiger partial charge in [-0.15, -0.1) is 21.5 Å². The lowest BCUT2D eigenvalue weighted by Gasteiger charge is -1.98. The van der Waals surface area contributed by atoms with Crippen LogP contribution in [0.2, 0.25) is 0 Å². The molecule has 0 radical (unpaired) electrons. The van der Waals surface area contributed by atoms with E-state index in [9.17, 15) is 0 Å². The number of aryl methyl sites for hydroxylation is 14. The van der Waals surface area contributed by atoms with Gasteiger partial charge in [-0.2, -0.15) is 13.8 Å². The third kappa shape index (κ3) is 20.9. The predicted molar refractivity (Wildman–Crippen MR) is 313 cm³/mol. The van der Waals surface area contributed by atoms with Crippen molar-refractivity contribution in [2.75, 3.05) is 0 Å². The Hall–Kier alpha value is -5.99. The molecule has 0 saturated heterocycles. The molecule has 9 aromatic rings. The van der Waals surface area contributed by atoms with E-state index in [-0.39, 0.29) is 0 Å². The Bertz CT molecular complexity index is 2580. The molecule has 0 amide bonds. The molecule has 0 saturated carbocycles. The van der Waals surface area contributed by atoms with Crippen LogP contribution in [-0.4, -0.2) is 77.2 Å². The zero-order chi connectivity index (χ0) is 57.9. The summed E-state index contributed by atoms with van der Waals surface area (Å²) in [6.07, 6.45) is 0. The predicted octanol–water partition coefficient (Wildman–Crippen LogP) is 12.7. The third-order valence-electron chi connectivity index (χ3n) is 13.6. The smallest absolute Gasteiger partial charge is 0.139 e. The highest BCUT2D eigenvalue weighted by atomic mass is 32.1. The maximum Gasteiger partial charge on any atom is 0.139 e. The van der Waals surface area contributed by atoms with Gasteiger partial charge in [0.1, 0.15) is 54.7 Å². The topological polar surface area (TPSA) is 180 Å². The van der Waals surface area contributed by atoms with Gasteiger partial charge in [0.2, 0.25) is 0 Å². The second-order valence-electron chi connectivity index (χ2n) is 18.7. The molecular formula is C55H90N16OS3. The minimum atomic E-state index is 0.861. The fourth-order valence-corrected chi connectivity index (χ4v) is 8.26. The van der Waals surface area contributed by atoms with Crippen LogP contribution in [0.1, 0.15) is 139 Å². The van der Waals surface area contributed by atoms with Crippen LogP contribution in [0.15, 0.2) is 4.63 Å². The highest BCUT2D eigenvalue weighted by Gasteiger charge is 2.08. The molecule has 0 aromatic carbocycles. The summed E-state index contributed by atoms with van der Waals surface area (Å²) in [4.78, 5) is 16.6. The number of imidazole rings is 2. The standard InChI is InChI=1S/2C9H15N.3C7H12N2.C4H6N2O.3C4H6N2S/c2*1-6-7(2)9(4)10(5)8(6)3;2*1-5-6(2)9(4)7(3)8-5;1-5-6(2)8-9(4)7(5)3;1-3-4(2)6-7-5-3;1-3-5-6-4(2)7-3;2*1-3-5-4(2)7-6-3/h2*1-5H3;3*1-4H3;4*1-2H3. The Labute approximate surface area is 461 Å². The quantitative estimate of drug-likeness (QED) is 0.140. The number of hydrogen-bond acceptors (Lipinski definition) is 15. The summed E-state index contributed by atoms with van der Waals surface area (Å²) in [5, 5.41) is 23.0. The second kappa shape index (κ2) is 31.2. The van der Waals surface area contributed by atoms with E-state index in [4.69, 9.17) is 0 Å². The van der Waals surface area contributed by atoms with Gasteiger partial charge in [-0.05, 0) is 224 Å². The zero-order valence-corrected chi connectivity index (χ0v) is 53.7. The molecule has 0 aliphatic carbocycles. The van der Waals surface area contributed by atoms with Gasteiger partial charge in [0.05, 0.1) is 17.1 Å². The van der Waals surface area contributed by atoms with Gasteiger partial charge in [-0.3, -0.25) is 4.68 Å². The first-order valence-corrected chi connectivity index (χ1v) is 27.2. The highest BCUT2D eigenvalue weighted by Crippen LogP contribution is 2.19. The van der Waals surface area contributed by atoms with Gasteiger partial charge in [-0.1, -0.05) is 10.3 Å². The monoisotopic (exact) mass is 1090 g/mol. The summed E-state index contributed by atoms with van der Waals surface area (Å²) in [5.41, 5.74) is 21.5. The molecule has 17 nitrogen and oxygen atoms in total. The van der Waals surface area contributed by atoms with Crippen molar-refractivity contribution in [3.63, 3.8) is 0 Å². The van der Waals surface area contributed by atoms with E-state index in [1.54, 1.807) is 11.3 Å². The fraction of sp³-hybridized carbons (Fsp3) is 0.545. The second-order valence-corrected chi connectivity index (χ2v) is 22.0. The molecule has 0 spiro atoms. The van der Waals surface area contributed by atoms with E-state index in [1.165, 1.54) is 90.7 Å². The first-order chi connectivity index (χ1) is 34.7. The highest BCUT2D eigenvalue weighted by molar-refractivity contribution is 7.11. The average molecular weight is 1090 g/mol. The molecule has 20 heteroatoms. The summed E-state index contributed by atoms with van der Waals surface area (Å²) in [6, 6.07) is 0. The first kappa shape index (κ1) is 67.0. The van der Waals surface area contributed by atoms with Crippen LogP contribution >= 0.6 is 34.4 Å². The maximum absolute atomic E-state index is 4.34. The van der Waals surface area contributed by atoms with Gasteiger partial charge in [0.15, 0.2) is 0 Å². The Morgan fingerprint density at radius 1 is 0.320 bits per heavy atom. The van der Waals surface area contributed by atoms with Crippen molar-refractivity contribution in [2.24, 2.45) is 35.2 Å². The van der Waals surface area contributed by atoms with Crippen molar-refractivity contribution in [1.82, 2.24) is 77.2 Å². The SMILES string of the molecule is Cc1c(C)c(C)n(C)c1C.Cc1c(C)c(C)n(C)c1C.Cc1nc(C)n(C)c1C.Cc1nc(C)n(C)c1C.Cc1nn(C)c(C)c1C.Cc1nnc(C)s1.Cc1nonc1C.Cc1nsc(C)n1.Cc1nsc(C)n1. The van der Waals surface area contributed by atoms with Crippen LogP contribution in [0, 0.1) is 173 Å². The lowest BCUT2D eigenvalue weighted by atomic mass is 10.2. The van der Waals surface area contributed by atoms with Gasteiger partial charge in [0, 0.05) is 75.1 Å². The number of aromatic nitrogens is 16. The van der Waals surface area contributed by atoms with Crippen LogP contribution in [0.4, 0.5) is 0 Å². The van der Waals surface area contributed by atoms with Gasteiger partial charge in [-0.25, -0.2) is 24.6 Å². The van der Waals surface area contributed by atoms with Crippen molar-refractivity contribution in [3.05, 3.63) is 139 Å². The van der Waals surface area contributed by atoms with Crippen molar-refractivity contribution >= 4 is 34.4 Å². The fourth-order valence-electron chi connectivity index (χ4n) is 6.71. The van der Waals surface area contributed by atoms with Crippen molar-refractivity contribution in [2.45, 2.75) is 173 Å². The molecule has 9 rings (SSSR count). The number of nitrogens with zero attached hydrogens (tertiary/aromatic N) is 16. The molecule has 0 fully saturated rings. The van der Waals surface area contributed by atoms with Crippen molar-refractivity contribution in [3.8, 4) is 0 Å². The van der Waals surface area contributed by atoms with Crippen LogP contribution in [0.25, 0.3) is 0 Å². The van der Waals surface area contributed by atoms with Crippen LogP contribution in [0.5, 0.6) is 0 Å². The van der Waals surface area contributed by atoms with Crippen LogP contribution < -0.4 is 0 Å². The zero-order valence-electron chi connectivity index (χ0n) is 51.3. The van der Waals surface area contributed by atoms with E-state index in [0.29, 0.717) is 0 Å². The van der Waals surface area contributed by atoms with E-state index >= 15 is 0 Å². The Balaban J connectivity index is 0.000000423. The van der Waals surface area contributed by atoms with Gasteiger partial charge in [0.25, 0.3) is 0 Å².